The van der Waals surface area contributed by atoms with Gasteiger partial charge in [0.2, 0.25) is 0 Å². The molecule has 0 aliphatic carbocycles. The smallest absolute Gasteiger partial charge is 0.0762 e. The van der Waals surface area contributed by atoms with Crippen molar-refractivity contribution in [3.05, 3.63) is 28.2 Å². The molecule has 3 nitrogen and oxygen atoms in total. The number of nitrogens with zero attached hydrogens (tertiary/aromatic N) is 1. The third-order valence-electron chi connectivity index (χ3n) is 3.07. The van der Waals surface area contributed by atoms with Gasteiger partial charge in [-0.25, -0.2) is 0 Å². The maximum absolute atomic E-state index is 5.61. The van der Waals surface area contributed by atoms with E-state index in [0.717, 1.165) is 29.5 Å². The monoisotopic (exact) mass is 284 g/mol. The van der Waals surface area contributed by atoms with Crippen molar-refractivity contribution in [1.29, 1.82) is 0 Å². The highest BCUT2D eigenvalue weighted by Gasteiger charge is 2.23. The van der Waals surface area contributed by atoms with E-state index in [9.17, 15) is 0 Å². The normalized spacial score (nSPS) is 20.4. The van der Waals surface area contributed by atoms with Crippen molar-refractivity contribution in [2.75, 3.05) is 25.1 Å². The summed E-state index contributed by atoms with van der Waals surface area (Å²) in [5.41, 5.74) is 8.00. The summed E-state index contributed by atoms with van der Waals surface area (Å²) in [6.45, 7) is 2.61. The van der Waals surface area contributed by atoms with Crippen LogP contribution in [0.5, 0.6) is 0 Å². The van der Waals surface area contributed by atoms with Crippen LogP contribution in [0.4, 0.5) is 5.69 Å². The second-order valence-electron chi connectivity index (χ2n) is 4.08. The van der Waals surface area contributed by atoms with E-state index in [4.69, 9.17) is 10.5 Å². The highest BCUT2D eigenvalue weighted by Crippen LogP contribution is 2.30. The fourth-order valence-electron chi connectivity index (χ4n) is 2.07. The molecule has 1 heterocycles. The largest absolute Gasteiger partial charge is 0.380 e. The second-order valence-corrected chi connectivity index (χ2v) is 4.94. The van der Waals surface area contributed by atoms with E-state index in [0.29, 0.717) is 12.6 Å². The van der Waals surface area contributed by atoms with Crippen LogP contribution in [-0.4, -0.2) is 26.3 Å². The van der Waals surface area contributed by atoms with Crippen LogP contribution >= 0.6 is 15.9 Å². The molecule has 1 saturated heterocycles. The number of hydrogen-bond acceptors (Lipinski definition) is 3. The number of anilines is 1. The topological polar surface area (TPSA) is 38.5 Å². The van der Waals surface area contributed by atoms with Gasteiger partial charge in [-0.2, -0.15) is 0 Å². The Kier molecular flexibility index (Phi) is 3.84. The predicted molar refractivity (Wildman–Crippen MR) is 69.7 cm³/mol. The van der Waals surface area contributed by atoms with Gasteiger partial charge in [0.1, 0.15) is 0 Å². The van der Waals surface area contributed by atoms with Crippen molar-refractivity contribution in [2.24, 2.45) is 5.73 Å². The summed E-state index contributed by atoms with van der Waals surface area (Å²) in [5.74, 6) is 0. The Morgan fingerprint density at radius 2 is 2.38 bits per heavy atom. The Morgan fingerprint density at radius 3 is 2.94 bits per heavy atom. The van der Waals surface area contributed by atoms with Crippen LogP contribution in [-0.2, 0) is 11.3 Å². The van der Waals surface area contributed by atoms with Crippen LogP contribution in [0.25, 0.3) is 0 Å². The average molecular weight is 285 g/mol. The SMILES string of the molecule is COC1CCN(c2ccc(CN)cc2Br)C1. The number of methoxy groups -OCH3 is 1. The average Bonchev–Trinajstić information content (AvgIpc) is 2.77. The molecule has 88 valence electrons. The molecule has 1 aliphatic rings. The lowest BCUT2D eigenvalue weighted by Gasteiger charge is -2.20. The van der Waals surface area contributed by atoms with Crippen LogP contribution in [0.1, 0.15) is 12.0 Å². The summed E-state index contributed by atoms with van der Waals surface area (Å²) < 4.78 is 6.49. The molecule has 1 atom stereocenters. The van der Waals surface area contributed by atoms with Gasteiger partial charge < -0.3 is 15.4 Å². The van der Waals surface area contributed by atoms with Gasteiger partial charge in [-0.15, -0.1) is 0 Å². The molecule has 1 fully saturated rings. The number of benzene rings is 1. The maximum atomic E-state index is 5.61. The fraction of sp³-hybridized carbons (Fsp3) is 0.500. The summed E-state index contributed by atoms with van der Waals surface area (Å²) in [6, 6.07) is 6.31. The standard InChI is InChI=1S/C12H17BrN2O/c1-16-10-4-5-15(8-10)12-3-2-9(7-14)6-11(12)13/h2-3,6,10H,4-5,7-8,14H2,1H3. The number of ether oxygens (including phenoxy) is 1. The van der Waals surface area contributed by atoms with Crippen LogP contribution in [0.2, 0.25) is 0 Å². The maximum Gasteiger partial charge on any atom is 0.0762 e. The second kappa shape index (κ2) is 5.17. The minimum Gasteiger partial charge on any atom is -0.380 e. The molecule has 16 heavy (non-hydrogen) atoms. The lowest BCUT2D eigenvalue weighted by Crippen LogP contribution is -2.22. The number of halogens is 1. The van der Waals surface area contributed by atoms with Gasteiger partial charge in [-0.05, 0) is 40.0 Å². The van der Waals surface area contributed by atoms with Crippen LogP contribution in [0.15, 0.2) is 22.7 Å². The Bertz CT molecular complexity index is 370. The number of nitrogens with two attached hydrogens (primary N) is 1. The lowest BCUT2D eigenvalue weighted by molar-refractivity contribution is 0.121. The van der Waals surface area contributed by atoms with Gasteiger partial charge in [0.15, 0.2) is 0 Å². The Balaban J connectivity index is 2.15. The molecule has 0 saturated carbocycles. The molecule has 0 spiro atoms. The molecular formula is C12H17BrN2O. The zero-order valence-electron chi connectivity index (χ0n) is 9.45. The first-order valence-electron chi connectivity index (χ1n) is 5.51. The van der Waals surface area contributed by atoms with Crippen LogP contribution < -0.4 is 10.6 Å². The summed E-state index contributed by atoms with van der Waals surface area (Å²) in [5, 5.41) is 0. The molecule has 4 heteroatoms. The van der Waals surface area contributed by atoms with Gasteiger partial charge in [-0.1, -0.05) is 6.07 Å². The van der Waals surface area contributed by atoms with E-state index in [2.05, 4.69) is 39.0 Å². The first kappa shape index (κ1) is 11.9. The molecule has 0 amide bonds. The summed E-state index contributed by atoms with van der Waals surface area (Å²) in [6.07, 6.45) is 1.46. The van der Waals surface area contributed by atoms with Gasteiger partial charge in [0.25, 0.3) is 0 Å². The fourth-order valence-corrected chi connectivity index (χ4v) is 2.75. The molecular weight excluding hydrogens is 268 g/mol. The van der Waals surface area contributed by atoms with Crippen LogP contribution in [0, 0.1) is 0 Å². The number of hydrogen-bond donors (Lipinski definition) is 1. The van der Waals surface area contributed by atoms with E-state index in [1.807, 2.05) is 0 Å². The van der Waals surface area contributed by atoms with E-state index < -0.39 is 0 Å². The van der Waals surface area contributed by atoms with Gasteiger partial charge >= 0.3 is 0 Å². The van der Waals surface area contributed by atoms with Crippen molar-refractivity contribution in [2.45, 2.75) is 19.1 Å². The van der Waals surface area contributed by atoms with Crippen molar-refractivity contribution in [1.82, 2.24) is 0 Å². The van der Waals surface area contributed by atoms with Gasteiger partial charge in [-0.3, -0.25) is 0 Å². The predicted octanol–water partition coefficient (Wildman–Crippen LogP) is 2.13. The van der Waals surface area contributed by atoms with E-state index in [1.165, 1.54) is 5.69 Å². The highest BCUT2D eigenvalue weighted by atomic mass is 79.9. The molecule has 0 aromatic heterocycles. The molecule has 1 unspecified atom stereocenters. The van der Waals surface area contributed by atoms with Gasteiger partial charge in [0.05, 0.1) is 11.8 Å². The summed E-state index contributed by atoms with van der Waals surface area (Å²) in [4.78, 5) is 2.35. The minimum absolute atomic E-state index is 0.362. The van der Waals surface area contributed by atoms with E-state index >= 15 is 0 Å². The first-order chi connectivity index (χ1) is 7.74. The Morgan fingerprint density at radius 1 is 1.56 bits per heavy atom. The summed E-state index contributed by atoms with van der Waals surface area (Å²) in [7, 11) is 1.78. The molecule has 0 radical (unpaired) electrons. The summed E-state index contributed by atoms with van der Waals surface area (Å²) >= 11 is 3.60. The molecule has 1 aromatic carbocycles. The quantitative estimate of drug-likeness (QED) is 0.924. The molecule has 1 aromatic rings. The Labute approximate surface area is 105 Å². The Hall–Kier alpha value is -0.580. The minimum atomic E-state index is 0.362. The molecule has 2 N–H and O–H groups in total. The zero-order chi connectivity index (χ0) is 11.5. The third-order valence-corrected chi connectivity index (χ3v) is 3.70. The molecule has 0 bridgehead atoms. The zero-order valence-corrected chi connectivity index (χ0v) is 11.0. The van der Waals surface area contributed by atoms with E-state index in [-0.39, 0.29) is 0 Å². The number of rotatable bonds is 3. The van der Waals surface area contributed by atoms with Crippen molar-refractivity contribution < 1.29 is 4.74 Å². The third kappa shape index (κ3) is 2.39. The van der Waals surface area contributed by atoms with E-state index in [1.54, 1.807) is 7.11 Å². The van der Waals surface area contributed by atoms with Crippen molar-refractivity contribution >= 4 is 21.6 Å². The first-order valence-corrected chi connectivity index (χ1v) is 6.30. The highest BCUT2D eigenvalue weighted by molar-refractivity contribution is 9.10. The molecule has 1 aliphatic heterocycles. The van der Waals surface area contributed by atoms with Crippen molar-refractivity contribution in [3.63, 3.8) is 0 Å². The van der Waals surface area contributed by atoms with Crippen molar-refractivity contribution in [3.8, 4) is 0 Å². The lowest BCUT2D eigenvalue weighted by atomic mass is 10.2. The molecule has 2 rings (SSSR count). The van der Waals surface area contributed by atoms with Crippen LogP contribution in [0.3, 0.4) is 0 Å². The van der Waals surface area contributed by atoms with Gasteiger partial charge in [0, 0.05) is 31.2 Å².